The molecule has 0 unspecified atom stereocenters. The van der Waals surface area contributed by atoms with Crippen LogP contribution in [0.3, 0.4) is 0 Å². The molecule has 0 atom stereocenters. The van der Waals surface area contributed by atoms with Gasteiger partial charge in [0.2, 0.25) is 5.91 Å². The number of rotatable bonds is 5. The van der Waals surface area contributed by atoms with Crippen molar-refractivity contribution in [2.24, 2.45) is 5.73 Å². The van der Waals surface area contributed by atoms with Crippen molar-refractivity contribution in [3.05, 3.63) is 41.5 Å². The van der Waals surface area contributed by atoms with E-state index in [9.17, 15) is 4.79 Å². The van der Waals surface area contributed by atoms with Gasteiger partial charge in [-0.05, 0) is 25.3 Å². The van der Waals surface area contributed by atoms with E-state index in [1.54, 1.807) is 0 Å². The fraction of sp³-hybridized carbons (Fsp3) is 0.357. The molecule has 1 amide bonds. The van der Waals surface area contributed by atoms with E-state index in [1.165, 1.54) is 11.1 Å². The quantitative estimate of drug-likeness (QED) is 0.809. The van der Waals surface area contributed by atoms with Crippen molar-refractivity contribution < 1.29 is 4.79 Å². The summed E-state index contributed by atoms with van der Waals surface area (Å²) in [6, 6.07) is 10.1. The summed E-state index contributed by atoms with van der Waals surface area (Å²) >= 11 is 0. The standard InChI is InChI=1S/C14H18N2O/c1-11(9-12-5-3-2-4-6-12)10-16-14(7-8-14)13(15)17/h2-6,9,16H,7-8,10H2,1H3,(H2,15,17). The summed E-state index contributed by atoms with van der Waals surface area (Å²) in [6.45, 7) is 2.76. The van der Waals surface area contributed by atoms with E-state index >= 15 is 0 Å². The van der Waals surface area contributed by atoms with Gasteiger partial charge < -0.3 is 5.73 Å². The Labute approximate surface area is 102 Å². The van der Waals surface area contributed by atoms with Crippen molar-refractivity contribution in [1.82, 2.24) is 5.32 Å². The predicted molar refractivity (Wildman–Crippen MR) is 69.3 cm³/mol. The first-order chi connectivity index (χ1) is 8.12. The SMILES string of the molecule is CC(=Cc1ccccc1)CNC1(C(N)=O)CC1. The molecule has 3 N–H and O–H groups in total. The molecule has 0 bridgehead atoms. The second-order valence-electron chi connectivity index (χ2n) is 4.70. The highest BCUT2D eigenvalue weighted by atomic mass is 16.1. The van der Waals surface area contributed by atoms with E-state index in [4.69, 9.17) is 5.73 Å². The first kappa shape index (κ1) is 11.9. The molecule has 0 aromatic heterocycles. The molecular weight excluding hydrogens is 212 g/mol. The summed E-state index contributed by atoms with van der Waals surface area (Å²) in [5.74, 6) is -0.231. The van der Waals surface area contributed by atoms with E-state index < -0.39 is 5.54 Å². The summed E-state index contributed by atoms with van der Waals surface area (Å²) in [5.41, 5.74) is 7.30. The highest BCUT2D eigenvalue weighted by molar-refractivity contribution is 5.87. The van der Waals surface area contributed by atoms with Gasteiger partial charge in [-0.25, -0.2) is 0 Å². The maximum absolute atomic E-state index is 11.2. The number of carbonyl (C=O) groups is 1. The van der Waals surface area contributed by atoms with Crippen LogP contribution in [0, 0.1) is 0 Å². The number of amides is 1. The van der Waals surface area contributed by atoms with E-state index in [0.717, 1.165) is 12.8 Å². The third-order valence-electron chi connectivity index (χ3n) is 3.14. The number of hydrogen-bond acceptors (Lipinski definition) is 2. The van der Waals surface area contributed by atoms with Gasteiger partial charge in [0.25, 0.3) is 0 Å². The predicted octanol–water partition coefficient (Wildman–Crippen LogP) is 1.70. The van der Waals surface area contributed by atoms with E-state index in [-0.39, 0.29) is 5.91 Å². The van der Waals surface area contributed by atoms with Crippen LogP contribution >= 0.6 is 0 Å². The Morgan fingerprint density at radius 2 is 2.06 bits per heavy atom. The summed E-state index contributed by atoms with van der Waals surface area (Å²) in [4.78, 5) is 11.2. The molecule has 1 aliphatic carbocycles. The maximum atomic E-state index is 11.2. The molecule has 2 rings (SSSR count). The zero-order valence-corrected chi connectivity index (χ0v) is 10.1. The smallest absolute Gasteiger partial charge is 0.237 e. The van der Waals surface area contributed by atoms with Crippen LogP contribution in [0.25, 0.3) is 6.08 Å². The molecule has 17 heavy (non-hydrogen) atoms. The van der Waals surface area contributed by atoms with Crippen molar-refractivity contribution in [2.75, 3.05) is 6.54 Å². The summed E-state index contributed by atoms with van der Waals surface area (Å²) in [5, 5.41) is 3.25. The molecular formula is C14H18N2O. The third-order valence-corrected chi connectivity index (χ3v) is 3.14. The normalized spacial score (nSPS) is 17.8. The number of hydrogen-bond donors (Lipinski definition) is 2. The zero-order valence-electron chi connectivity index (χ0n) is 10.1. The van der Waals surface area contributed by atoms with Crippen LogP contribution in [-0.2, 0) is 4.79 Å². The number of carbonyl (C=O) groups excluding carboxylic acids is 1. The van der Waals surface area contributed by atoms with Gasteiger partial charge in [-0.1, -0.05) is 42.0 Å². The topological polar surface area (TPSA) is 55.1 Å². The number of primary amides is 1. The fourth-order valence-corrected chi connectivity index (χ4v) is 1.83. The van der Waals surface area contributed by atoms with Crippen LogP contribution in [0.15, 0.2) is 35.9 Å². The molecule has 1 aliphatic rings. The van der Waals surface area contributed by atoms with Crippen molar-refractivity contribution in [1.29, 1.82) is 0 Å². The average Bonchev–Trinajstić information content (AvgIpc) is 3.09. The van der Waals surface area contributed by atoms with E-state index in [0.29, 0.717) is 6.54 Å². The van der Waals surface area contributed by atoms with E-state index in [2.05, 4.69) is 30.4 Å². The van der Waals surface area contributed by atoms with Crippen LogP contribution < -0.4 is 11.1 Å². The summed E-state index contributed by atoms with van der Waals surface area (Å²) < 4.78 is 0. The van der Waals surface area contributed by atoms with Gasteiger partial charge in [0, 0.05) is 6.54 Å². The average molecular weight is 230 g/mol. The largest absolute Gasteiger partial charge is 0.368 e. The molecule has 0 radical (unpaired) electrons. The van der Waals surface area contributed by atoms with Gasteiger partial charge >= 0.3 is 0 Å². The Morgan fingerprint density at radius 1 is 1.41 bits per heavy atom. The fourth-order valence-electron chi connectivity index (χ4n) is 1.83. The molecule has 1 fully saturated rings. The van der Waals surface area contributed by atoms with Crippen molar-refractivity contribution in [2.45, 2.75) is 25.3 Å². The molecule has 90 valence electrons. The Bertz CT molecular complexity index is 433. The van der Waals surface area contributed by atoms with Gasteiger partial charge in [0.05, 0.1) is 5.54 Å². The van der Waals surface area contributed by atoms with E-state index in [1.807, 2.05) is 18.2 Å². The van der Waals surface area contributed by atoms with Crippen LogP contribution in [0.5, 0.6) is 0 Å². The lowest BCUT2D eigenvalue weighted by Crippen LogP contribution is -2.44. The lowest BCUT2D eigenvalue weighted by molar-refractivity contribution is -0.120. The second kappa shape index (κ2) is 4.72. The molecule has 1 aromatic carbocycles. The molecule has 3 nitrogen and oxygen atoms in total. The Hall–Kier alpha value is -1.61. The van der Waals surface area contributed by atoms with Crippen LogP contribution in [0.4, 0.5) is 0 Å². The molecule has 1 saturated carbocycles. The molecule has 3 heteroatoms. The van der Waals surface area contributed by atoms with Crippen molar-refractivity contribution in [3.63, 3.8) is 0 Å². The molecule has 0 spiro atoms. The molecule has 0 aliphatic heterocycles. The van der Waals surface area contributed by atoms with Gasteiger partial charge in [-0.3, -0.25) is 10.1 Å². The Balaban J connectivity index is 1.92. The summed E-state index contributed by atoms with van der Waals surface area (Å²) in [7, 11) is 0. The van der Waals surface area contributed by atoms with Gasteiger partial charge in [-0.15, -0.1) is 0 Å². The minimum atomic E-state index is -0.425. The highest BCUT2D eigenvalue weighted by Gasteiger charge is 2.47. The lowest BCUT2D eigenvalue weighted by atomic mass is 10.1. The highest BCUT2D eigenvalue weighted by Crippen LogP contribution is 2.34. The molecule has 1 aromatic rings. The Morgan fingerprint density at radius 3 is 2.59 bits per heavy atom. The first-order valence-corrected chi connectivity index (χ1v) is 5.90. The zero-order chi connectivity index (χ0) is 12.3. The monoisotopic (exact) mass is 230 g/mol. The minimum Gasteiger partial charge on any atom is -0.368 e. The van der Waals surface area contributed by atoms with Gasteiger partial charge in [0.15, 0.2) is 0 Å². The lowest BCUT2D eigenvalue weighted by Gasteiger charge is -2.13. The van der Waals surface area contributed by atoms with Crippen molar-refractivity contribution in [3.8, 4) is 0 Å². The number of nitrogens with one attached hydrogen (secondary N) is 1. The Kier molecular flexibility index (Phi) is 3.29. The van der Waals surface area contributed by atoms with Gasteiger partial charge in [-0.2, -0.15) is 0 Å². The number of benzene rings is 1. The third kappa shape index (κ3) is 2.94. The van der Waals surface area contributed by atoms with Gasteiger partial charge in [0.1, 0.15) is 0 Å². The first-order valence-electron chi connectivity index (χ1n) is 5.90. The van der Waals surface area contributed by atoms with Crippen LogP contribution in [0.1, 0.15) is 25.3 Å². The minimum absolute atomic E-state index is 0.231. The molecule has 0 saturated heterocycles. The van der Waals surface area contributed by atoms with Crippen molar-refractivity contribution >= 4 is 12.0 Å². The summed E-state index contributed by atoms with van der Waals surface area (Å²) in [6.07, 6.45) is 3.84. The number of nitrogens with two attached hydrogens (primary N) is 1. The second-order valence-corrected chi connectivity index (χ2v) is 4.70. The molecule has 0 heterocycles. The van der Waals surface area contributed by atoms with Crippen LogP contribution in [-0.4, -0.2) is 18.0 Å². The van der Waals surface area contributed by atoms with Crippen LogP contribution in [0.2, 0.25) is 0 Å². The maximum Gasteiger partial charge on any atom is 0.237 e.